The van der Waals surface area contributed by atoms with Crippen LogP contribution in [0.15, 0.2) is 24.5 Å². The number of aliphatic hydroxyl groups is 1. The number of aromatic nitrogens is 2. The van der Waals surface area contributed by atoms with Crippen molar-refractivity contribution in [3.63, 3.8) is 0 Å². The maximum Gasteiger partial charge on any atom is 0.323 e. The molecular formula is C15H20N4O3S. The fraction of sp³-hybridized carbons (Fsp3) is 0.400. The minimum absolute atomic E-state index is 0.270. The Morgan fingerprint density at radius 1 is 1.43 bits per heavy atom. The highest BCUT2D eigenvalue weighted by molar-refractivity contribution is 7.17. The number of amides is 2. The first-order valence-electron chi connectivity index (χ1n) is 7.28. The number of thiazole rings is 1. The van der Waals surface area contributed by atoms with Gasteiger partial charge < -0.3 is 14.7 Å². The molecule has 2 aromatic rings. The molecule has 0 saturated carbocycles. The molecule has 124 valence electrons. The predicted octanol–water partition coefficient (Wildman–Crippen LogP) is 2.87. The Hall–Kier alpha value is -2.19. The molecule has 0 aromatic carbocycles. The molecule has 2 heterocycles. The molecule has 2 rings (SSSR count). The highest BCUT2D eigenvalue weighted by Gasteiger charge is 2.15. The van der Waals surface area contributed by atoms with Gasteiger partial charge in [0.05, 0.1) is 18.5 Å². The monoisotopic (exact) mass is 336 g/mol. The number of hydrogen-bond donors (Lipinski definition) is 2. The van der Waals surface area contributed by atoms with E-state index in [1.165, 1.54) is 16.2 Å². The summed E-state index contributed by atoms with van der Waals surface area (Å²) in [6, 6.07) is 3.38. The number of hydrogen-bond acceptors (Lipinski definition) is 6. The second-order valence-corrected chi connectivity index (χ2v) is 6.03. The van der Waals surface area contributed by atoms with E-state index in [1.54, 1.807) is 19.3 Å². The fourth-order valence-corrected chi connectivity index (χ4v) is 2.52. The van der Waals surface area contributed by atoms with Crippen LogP contribution < -0.4 is 10.1 Å². The molecule has 23 heavy (non-hydrogen) atoms. The number of rotatable bonds is 6. The molecule has 0 saturated heterocycles. The summed E-state index contributed by atoms with van der Waals surface area (Å²) in [7, 11) is 0. The van der Waals surface area contributed by atoms with Crippen molar-refractivity contribution in [2.24, 2.45) is 0 Å². The number of carbonyl (C=O) groups is 1. The number of carbonyl (C=O) groups excluding carboxylic acids is 1. The van der Waals surface area contributed by atoms with Gasteiger partial charge in [-0.3, -0.25) is 10.3 Å². The van der Waals surface area contributed by atoms with Crippen molar-refractivity contribution in [3.05, 3.63) is 30.2 Å². The van der Waals surface area contributed by atoms with Gasteiger partial charge in [0, 0.05) is 18.8 Å². The zero-order chi connectivity index (χ0) is 16.8. The average Bonchev–Trinajstić information content (AvgIpc) is 2.94. The quantitative estimate of drug-likeness (QED) is 0.847. The van der Waals surface area contributed by atoms with E-state index < -0.39 is 6.10 Å². The Labute approximate surface area is 139 Å². The average molecular weight is 336 g/mol. The molecule has 7 nitrogen and oxygen atoms in total. The number of aliphatic hydroxyl groups excluding tert-OH is 1. The van der Waals surface area contributed by atoms with Crippen LogP contribution in [0.2, 0.25) is 0 Å². The van der Waals surface area contributed by atoms with E-state index in [0.29, 0.717) is 22.5 Å². The van der Waals surface area contributed by atoms with Crippen molar-refractivity contribution in [3.8, 4) is 10.8 Å². The molecule has 8 heteroatoms. The largest absolute Gasteiger partial charge is 0.443 e. The van der Waals surface area contributed by atoms with Crippen LogP contribution in [0, 0.1) is 6.92 Å². The normalized spacial score (nSPS) is 11.8. The van der Waals surface area contributed by atoms with Gasteiger partial charge in [0.2, 0.25) is 5.06 Å². The summed E-state index contributed by atoms with van der Waals surface area (Å²) in [6.45, 7) is 6.16. The van der Waals surface area contributed by atoms with Crippen LogP contribution >= 0.6 is 11.3 Å². The SMILES string of the molecule is CCN(C[C@H](C)O)C(=O)Nc1ncc(Oc2ccc(C)nc2)s1. The van der Waals surface area contributed by atoms with Crippen LogP contribution in [0.25, 0.3) is 0 Å². The van der Waals surface area contributed by atoms with Crippen molar-refractivity contribution < 1.29 is 14.6 Å². The Bertz CT molecular complexity index is 642. The summed E-state index contributed by atoms with van der Waals surface area (Å²) in [4.78, 5) is 21.9. The second kappa shape index (κ2) is 7.89. The first kappa shape index (κ1) is 17.2. The third-order valence-electron chi connectivity index (χ3n) is 2.95. The van der Waals surface area contributed by atoms with Crippen molar-refractivity contribution >= 4 is 22.5 Å². The first-order valence-corrected chi connectivity index (χ1v) is 8.10. The first-order chi connectivity index (χ1) is 11.0. The van der Waals surface area contributed by atoms with Crippen LogP contribution in [0.3, 0.4) is 0 Å². The third-order valence-corrected chi connectivity index (χ3v) is 3.75. The summed E-state index contributed by atoms with van der Waals surface area (Å²) in [5, 5.41) is 13.1. The lowest BCUT2D eigenvalue weighted by molar-refractivity contribution is 0.141. The maximum absolute atomic E-state index is 12.1. The summed E-state index contributed by atoms with van der Waals surface area (Å²) >= 11 is 1.22. The van der Waals surface area contributed by atoms with Gasteiger partial charge in [-0.2, -0.15) is 0 Å². The predicted molar refractivity (Wildman–Crippen MR) is 89.1 cm³/mol. The smallest absolute Gasteiger partial charge is 0.323 e. The Morgan fingerprint density at radius 3 is 2.83 bits per heavy atom. The van der Waals surface area contributed by atoms with Crippen LogP contribution in [-0.2, 0) is 0 Å². The van der Waals surface area contributed by atoms with Gasteiger partial charge in [-0.25, -0.2) is 9.78 Å². The van der Waals surface area contributed by atoms with Crippen LogP contribution in [0.5, 0.6) is 10.8 Å². The number of nitrogens with zero attached hydrogens (tertiary/aromatic N) is 3. The van der Waals surface area contributed by atoms with Crippen LogP contribution in [0.4, 0.5) is 9.93 Å². The van der Waals surface area contributed by atoms with E-state index in [4.69, 9.17) is 4.74 Å². The minimum Gasteiger partial charge on any atom is -0.443 e. The zero-order valence-electron chi connectivity index (χ0n) is 13.3. The molecule has 2 amide bonds. The lowest BCUT2D eigenvalue weighted by atomic mass is 10.4. The minimum atomic E-state index is -0.579. The lowest BCUT2D eigenvalue weighted by Crippen LogP contribution is -2.39. The number of anilines is 1. The van der Waals surface area contributed by atoms with Crippen LogP contribution in [0.1, 0.15) is 19.5 Å². The number of pyridine rings is 1. The fourth-order valence-electron chi connectivity index (χ4n) is 1.84. The molecule has 0 bridgehead atoms. The Kier molecular flexibility index (Phi) is 5.89. The van der Waals surface area contributed by atoms with E-state index in [-0.39, 0.29) is 12.6 Å². The molecule has 0 spiro atoms. The van der Waals surface area contributed by atoms with Gasteiger partial charge in [-0.1, -0.05) is 11.3 Å². The molecule has 0 fully saturated rings. The molecule has 0 unspecified atom stereocenters. The van der Waals surface area contributed by atoms with Crippen molar-refractivity contribution in [1.82, 2.24) is 14.9 Å². The van der Waals surface area contributed by atoms with Gasteiger partial charge in [0.25, 0.3) is 0 Å². The number of aryl methyl sites for hydroxylation is 1. The lowest BCUT2D eigenvalue weighted by Gasteiger charge is -2.21. The summed E-state index contributed by atoms with van der Waals surface area (Å²) in [5.41, 5.74) is 0.910. The van der Waals surface area contributed by atoms with E-state index in [0.717, 1.165) is 5.69 Å². The number of urea groups is 1. The van der Waals surface area contributed by atoms with E-state index in [2.05, 4.69) is 15.3 Å². The van der Waals surface area contributed by atoms with Gasteiger partial charge >= 0.3 is 6.03 Å². The molecular weight excluding hydrogens is 316 g/mol. The molecule has 0 radical (unpaired) electrons. The highest BCUT2D eigenvalue weighted by atomic mass is 32.1. The summed E-state index contributed by atoms with van der Waals surface area (Å²) in [5.74, 6) is 0.612. The maximum atomic E-state index is 12.1. The van der Waals surface area contributed by atoms with Gasteiger partial charge in [-0.15, -0.1) is 0 Å². The number of ether oxygens (including phenoxy) is 1. The van der Waals surface area contributed by atoms with Crippen molar-refractivity contribution in [1.29, 1.82) is 0 Å². The van der Waals surface area contributed by atoms with Gasteiger partial charge in [0.1, 0.15) is 5.75 Å². The van der Waals surface area contributed by atoms with Crippen molar-refractivity contribution in [2.45, 2.75) is 26.9 Å². The summed E-state index contributed by atoms with van der Waals surface area (Å²) < 4.78 is 5.64. The second-order valence-electron chi connectivity index (χ2n) is 5.04. The van der Waals surface area contributed by atoms with Gasteiger partial charge in [0.15, 0.2) is 5.13 Å². The Balaban J connectivity index is 1.96. The standard InChI is InChI=1S/C15H20N4O3S/c1-4-19(9-11(3)20)15(21)18-14-17-8-13(23-14)22-12-6-5-10(2)16-7-12/h5-8,11,20H,4,9H2,1-3H3,(H,17,18,21)/t11-/m0/s1. The van der Waals surface area contributed by atoms with Crippen molar-refractivity contribution in [2.75, 3.05) is 18.4 Å². The molecule has 0 aliphatic carbocycles. The van der Waals surface area contributed by atoms with E-state index in [1.807, 2.05) is 26.0 Å². The third kappa shape index (κ3) is 5.19. The molecule has 1 atom stereocenters. The molecule has 0 aliphatic rings. The number of nitrogens with one attached hydrogen (secondary N) is 1. The molecule has 2 N–H and O–H groups in total. The summed E-state index contributed by atoms with van der Waals surface area (Å²) in [6.07, 6.45) is 2.60. The van der Waals surface area contributed by atoms with E-state index >= 15 is 0 Å². The zero-order valence-corrected chi connectivity index (χ0v) is 14.1. The topological polar surface area (TPSA) is 87.6 Å². The van der Waals surface area contributed by atoms with Gasteiger partial charge in [-0.05, 0) is 32.9 Å². The molecule has 0 aliphatic heterocycles. The van der Waals surface area contributed by atoms with Crippen LogP contribution in [-0.4, -0.2) is 45.2 Å². The highest BCUT2D eigenvalue weighted by Crippen LogP contribution is 2.30. The molecule has 2 aromatic heterocycles. The number of likely N-dealkylation sites (N-methyl/N-ethyl adjacent to an activating group) is 1. The van der Waals surface area contributed by atoms with E-state index in [9.17, 15) is 9.90 Å². The Morgan fingerprint density at radius 2 is 2.22 bits per heavy atom.